The molecule has 0 unspecified atom stereocenters. The number of nitrogens with one attached hydrogen (secondary N) is 1. The topological polar surface area (TPSA) is 66.5 Å². The first kappa shape index (κ1) is 20.4. The minimum absolute atomic E-state index is 0.0970. The highest BCUT2D eigenvalue weighted by Gasteiger charge is 2.23. The van der Waals surface area contributed by atoms with Crippen LogP contribution in [-0.2, 0) is 14.8 Å². The number of rotatable bonds is 6. The first-order chi connectivity index (χ1) is 12.1. The van der Waals surface area contributed by atoms with Crippen molar-refractivity contribution < 1.29 is 13.2 Å². The van der Waals surface area contributed by atoms with Crippen molar-refractivity contribution in [2.45, 2.75) is 31.7 Å². The minimum Gasteiger partial charge on any atom is -0.348 e. The second-order valence-corrected chi connectivity index (χ2v) is 8.85. The average molecular weight is 395 g/mol. The second-order valence-electron chi connectivity index (χ2n) is 6.36. The standard InChI is InChI=1S/C19H23ClN2O3S/c1-13-5-6-14(2)18(11-13)15(3)21-19(23)12-22(4)26(24,25)17-9-7-16(20)8-10-17/h5-11,15H,12H2,1-4H3,(H,21,23)/t15-/m0/s1. The van der Waals surface area contributed by atoms with Crippen LogP contribution >= 0.6 is 11.6 Å². The molecule has 0 fully saturated rings. The summed E-state index contributed by atoms with van der Waals surface area (Å²) in [6.45, 7) is 5.59. The fourth-order valence-corrected chi connectivity index (χ4v) is 3.92. The van der Waals surface area contributed by atoms with Crippen molar-refractivity contribution in [3.63, 3.8) is 0 Å². The van der Waals surface area contributed by atoms with Gasteiger partial charge in [-0.3, -0.25) is 4.79 Å². The molecule has 140 valence electrons. The molecule has 0 saturated carbocycles. The molecule has 2 aromatic rings. The van der Waals surface area contributed by atoms with Gasteiger partial charge in [-0.25, -0.2) is 8.42 Å². The van der Waals surface area contributed by atoms with Crippen LogP contribution in [0.1, 0.15) is 29.7 Å². The average Bonchev–Trinajstić information content (AvgIpc) is 2.57. The van der Waals surface area contributed by atoms with Gasteiger partial charge >= 0.3 is 0 Å². The van der Waals surface area contributed by atoms with Crippen molar-refractivity contribution in [3.05, 3.63) is 64.2 Å². The van der Waals surface area contributed by atoms with Gasteiger partial charge < -0.3 is 5.32 Å². The number of nitrogens with zero attached hydrogens (tertiary/aromatic N) is 1. The second kappa shape index (κ2) is 8.20. The molecule has 2 rings (SSSR count). The lowest BCUT2D eigenvalue weighted by atomic mass is 10.00. The number of aryl methyl sites for hydroxylation is 2. The highest BCUT2D eigenvalue weighted by Crippen LogP contribution is 2.20. The molecule has 26 heavy (non-hydrogen) atoms. The van der Waals surface area contributed by atoms with Gasteiger partial charge in [-0.15, -0.1) is 0 Å². The molecular formula is C19H23ClN2O3S. The molecule has 0 saturated heterocycles. The minimum atomic E-state index is -3.75. The Bertz CT molecular complexity index is 896. The zero-order chi connectivity index (χ0) is 19.5. The van der Waals surface area contributed by atoms with Crippen LogP contribution in [0.25, 0.3) is 0 Å². The molecule has 1 N–H and O–H groups in total. The van der Waals surface area contributed by atoms with Gasteiger partial charge in [0.05, 0.1) is 17.5 Å². The maximum absolute atomic E-state index is 12.5. The number of carbonyl (C=O) groups is 1. The van der Waals surface area contributed by atoms with Crippen molar-refractivity contribution >= 4 is 27.5 Å². The summed E-state index contributed by atoms with van der Waals surface area (Å²) in [7, 11) is -2.37. The van der Waals surface area contributed by atoms with Gasteiger partial charge in [0, 0.05) is 12.1 Å². The van der Waals surface area contributed by atoms with Gasteiger partial charge in [0.1, 0.15) is 0 Å². The van der Waals surface area contributed by atoms with E-state index < -0.39 is 10.0 Å². The Kier molecular flexibility index (Phi) is 6.44. The monoisotopic (exact) mass is 394 g/mol. The Morgan fingerprint density at radius 2 is 1.77 bits per heavy atom. The Hall–Kier alpha value is -1.89. The largest absolute Gasteiger partial charge is 0.348 e. The number of benzene rings is 2. The Labute approximate surface area is 160 Å². The number of likely N-dealkylation sites (N-methyl/N-ethyl adjacent to an activating group) is 1. The SMILES string of the molecule is Cc1ccc(C)c([C@H](C)NC(=O)CN(C)S(=O)(=O)c2ccc(Cl)cc2)c1. The van der Waals surface area contributed by atoms with Crippen molar-refractivity contribution in [1.29, 1.82) is 0 Å². The fraction of sp³-hybridized carbons (Fsp3) is 0.316. The number of sulfonamides is 1. The predicted octanol–water partition coefficient (Wildman–Crippen LogP) is 3.45. The fourth-order valence-electron chi connectivity index (χ4n) is 2.67. The Morgan fingerprint density at radius 3 is 2.38 bits per heavy atom. The number of hydrogen-bond donors (Lipinski definition) is 1. The van der Waals surface area contributed by atoms with Gasteiger partial charge in [0.15, 0.2) is 0 Å². The van der Waals surface area contributed by atoms with Crippen LogP contribution in [0.2, 0.25) is 5.02 Å². The Balaban J connectivity index is 2.06. The molecule has 5 nitrogen and oxygen atoms in total. The van der Waals surface area contributed by atoms with Gasteiger partial charge in [-0.1, -0.05) is 35.4 Å². The summed E-state index contributed by atoms with van der Waals surface area (Å²) in [6, 6.07) is 11.7. The lowest BCUT2D eigenvalue weighted by Crippen LogP contribution is -2.39. The van der Waals surface area contributed by atoms with E-state index in [1.165, 1.54) is 31.3 Å². The van der Waals surface area contributed by atoms with Crippen LogP contribution in [0.15, 0.2) is 47.4 Å². The highest BCUT2D eigenvalue weighted by molar-refractivity contribution is 7.89. The van der Waals surface area contributed by atoms with Crippen LogP contribution in [0.4, 0.5) is 0 Å². The Morgan fingerprint density at radius 1 is 1.15 bits per heavy atom. The molecule has 1 amide bonds. The van der Waals surface area contributed by atoms with Crippen molar-refractivity contribution in [1.82, 2.24) is 9.62 Å². The summed E-state index contributed by atoms with van der Waals surface area (Å²) in [4.78, 5) is 12.4. The zero-order valence-corrected chi connectivity index (χ0v) is 16.9. The van der Waals surface area contributed by atoms with Crippen molar-refractivity contribution in [3.8, 4) is 0 Å². The zero-order valence-electron chi connectivity index (χ0n) is 15.3. The molecule has 0 aliphatic rings. The first-order valence-corrected chi connectivity index (χ1v) is 10.0. The molecular weight excluding hydrogens is 372 g/mol. The van der Waals surface area contributed by atoms with E-state index in [0.29, 0.717) is 5.02 Å². The summed E-state index contributed by atoms with van der Waals surface area (Å²) in [6.07, 6.45) is 0. The third kappa shape index (κ3) is 4.84. The van der Waals surface area contributed by atoms with Crippen LogP contribution in [0.5, 0.6) is 0 Å². The highest BCUT2D eigenvalue weighted by atomic mass is 35.5. The molecule has 0 heterocycles. The summed E-state index contributed by atoms with van der Waals surface area (Å²) in [5.74, 6) is -0.363. The summed E-state index contributed by atoms with van der Waals surface area (Å²) in [5, 5.41) is 3.31. The maximum Gasteiger partial charge on any atom is 0.243 e. The number of halogens is 1. The first-order valence-electron chi connectivity index (χ1n) is 8.19. The molecule has 0 radical (unpaired) electrons. The molecule has 7 heteroatoms. The third-order valence-corrected chi connectivity index (χ3v) is 6.24. The van der Waals surface area contributed by atoms with Crippen molar-refractivity contribution in [2.75, 3.05) is 13.6 Å². The van der Waals surface area contributed by atoms with Gasteiger partial charge in [0.25, 0.3) is 0 Å². The molecule has 0 aromatic heterocycles. The van der Waals surface area contributed by atoms with Crippen LogP contribution in [-0.4, -0.2) is 32.2 Å². The lowest BCUT2D eigenvalue weighted by Gasteiger charge is -2.20. The summed E-state index contributed by atoms with van der Waals surface area (Å²) >= 11 is 5.79. The molecule has 0 aliphatic carbocycles. The van der Waals surface area contributed by atoms with Crippen LogP contribution < -0.4 is 5.32 Å². The molecule has 0 spiro atoms. The van der Waals surface area contributed by atoms with E-state index >= 15 is 0 Å². The predicted molar refractivity (Wildman–Crippen MR) is 104 cm³/mol. The number of carbonyl (C=O) groups excluding carboxylic acids is 1. The smallest absolute Gasteiger partial charge is 0.243 e. The van der Waals surface area contributed by atoms with E-state index in [9.17, 15) is 13.2 Å². The maximum atomic E-state index is 12.5. The van der Waals surface area contributed by atoms with E-state index in [1.54, 1.807) is 0 Å². The van der Waals surface area contributed by atoms with E-state index in [2.05, 4.69) is 5.32 Å². The summed E-state index contributed by atoms with van der Waals surface area (Å²) < 4.78 is 26.1. The molecule has 2 aromatic carbocycles. The quantitative estimate of drug-likeness (QED) is 0.815. The van der Waals surface area contributed by atoms with Crippen molar-refractivity contribution in [2.24, 2.45) is 0 Å². The van der Waals surface area contributed by atoms with Gasteiger partial charge in [-0.05, 0) is 56.2 Å². The number of hydrogen-bond acceptors (Lipinski definition) is 3. The van der Waals surface area contributed by atoms with Gasteiger partial charge in [0.2, 0.25) is 15.9 Å². The van der Waals surface area contributed by atoms with Crippen LogP contribution in [0.3, 0.4) is 0 Å². The number of amides is 1. The van der Waals surface area contributed by atoms with Crippen LogP contribution in [0, 0.1) is 13.8 Å². The normalized spacial score (nSPS) is 12.8. The third-order valence-electron chi connectivity index (χ3n) is 4.17. The van der Waals surface area contributed by atoms with E-state index in [-0.39, 0.29) is 23.4 Å². The van der Waals surface area contributed by atoms with Gasteiger partial charge in [-0.2, -0.15) is 4.31 Å². The van der Waals surface area contributed by atoms with E-state index in [0.717, 1.165) is 21.0 Å². The van der Waals surface area contributed by atoms with E-state index in [1.807, 2.05) is 39.0 Å². The molecule has 0 aliphatic heterocycles. The summed E-state index contributed by atoms with van der Waals surface area (Å²) in [5.41, 5.74) is 3.20. The molecule has 0 bridgehead atoms. The molecule has 1 atom stereocenters. The van der Waals surface area contributed by atoms with E-state index in [4.69, 9.17) is 11.6 Å². The lowest BCUT2D eigenvalue weighted by molar-refractivity contribution is -0.121.